The van der Waals surface area contributed by atoms with Gasteiger partial charge in [0, 0.05) is 5.69 Å². The number of aryl methyl sites for hydroxylation is 3. The highest BCUT2D eigenvalue weighted by atomic mass is 16.5. The fraction of sp³-hybridized carbons (Fsp3) is 0.382. The van der Waals surface area contributed by atoms with Gasteiger partial charge < -0.3 is 30.2 Å². The maximum atomic E-state index is 13.7. The lowest BCUT2D eigenvalue weighted by atomic mass is 9.83. The first-order chi connectivity index (χ1) is 20.6. The van der Waals surface area contributed by atoms with E-state index in [1.807, 2.05) is 45.0 Å². The lowest BCUT2D eigenvalue weighted by molar-refractivity contribution is -0.144. The summed E-state index contributed by atoms with van der Waals surface area (Å²) in [5.41, 5.74) is 5.71. The van der Waals surface area contributed by atoms with Crippen molar-refractivity contribution in [2.75, 3.05) is 32.0 Å². The van der Waals surface area contributed by atoms with Gasteiger partial charge in [0.2, 0.25) is 0 Å². The van der Waals surface area contributed by atoms with Crippen molar-refractivity contribution in [3.63, 3.8) is 0 Å². The van der Waals surface area contributed by atoms with Crippen LogP contribution in [0.15, 0.2) is 48.5 Å². The molecule has 1 fully saturated rings. The first-order valence-electron chi connectivity index (χ1n) is 14.6. The molecule has 3 aromatic rings. The monoisotopic (exact) mass is 587 g/mol. The van der Waals surface area contributed by atoms with Crippen LogP contribution < -0.4 is 25.4 Å². The third-order valence-corrected chi connectivity index (χ3v) is 8.01. The van der Waals surface area contributed by atoms with Crippen molar-refractivity contribution in [1.82, 2.24) is 5.32 Å². The molecule has 1 atom stereocenters. The standard InChI is InChI=1S/C34H41N3O6/c1-20-16-21(2)30(22(3)17-20)37-34(40)35-27-18-24(25-13-15-28(41-4)29(19-25)42-5)12-14-26(27)32(38)36-31(33(39)43-6)23-10-8-7-9-11-23/h12-19,23,31H,7-11H2,1-6H3,(H,36,38)(H2,35,37,40)/t31-/m0/s1. The Kier molecular flexibility index (Phi) is 10.3. The summed E-state index contributed by atoms with van der Waals surface area (Å²) in [7, 11) is 4.46. The third-order valence-electron chi connectivity index (χ3n) is 8.01. The summed E-state index contributed by atoms with van der Waals surface area (Å²) in [6.07, 6.45) is 4.78. The Hall–Kier alpha value is -4.53. The van der Waals surface area contributed by atoms with Crippen LogP contribution in [-0.2, 0) is 9.53 Å². The number of hydrogen-bond donors (Lipinski definition) is 3. The predicted octanol–water partition coefficient (Wildman–Crippen LogP) is 6.79. The highest BCUT2D eigenvalue weighted by Gasteiger charge is 2.32. The van der Waals surface area contributed by atoms with Gasteiger partial charge in [-0.15, -0.1) is 0 Å². The molecule has 3 amide bonds. The predicted molar refractivity (Wildman–Crippen MR) is 168 cm³/mol. The van der Waals surface area contributed by atoms with Crippen LogP contribution in [0, 0.1) is 26.7 Å². The Morgan fingerprint density at radius 3 is 2.02 bits per heavy atom. The number of urea groups is 1. The molecule has 0 heterocycles. The molecule has 1 saturated carbocycles. The summed E-state index contributed by atoms with van der Waals surface area (Å²) in [5.74, 6) is 0.175. The maximum Gasteiger partial charge on any atom is 0.328 e. The zero-order valence-corrected chi connectivity index (χ0v) is 25.8. The van der Waals surface area contributed by atoms with E-state index in [4.69, 9.17) is 14.2 Å². The second-order valence-corrected chi connectivity index (χ2v) is 11.1. The van der Waals surface area contributed by atoms with Gasteiger partial charge in [-0.25, -0.2) is 9.59 Å². The van der Waals surface area contributed by atoms with Crippen molar-refractivity contribution < 1.29 is 28.6 Å². The molecule has 3 N–H and O–H groups in total. The number of methoxy groups -OCH3 is 3. The van der Waals surface area contributed by atoms with Crippen LogP contribution in [0.2, 0.25) is 0 Å². The van der Waals surface area contributed by atoms with Crippen molar-refractivity contribution in [3.05, 3.63) is 70.8 Å². The highest BCUT2D eigenvalue weighted by Crippen LogP contribution is 2.34. The van der Waals surface area contributed by atoms with Gasteiger partial charge in [0.05, 0.1) is 32.6 Å². The number of amides is 3. The van der Waals surface area contributed by atoms with Crippen LogP contribution in [0.3, 0.4) is 0 Å². The van der Waals surface area contributed by atoms with Gasteiger partial charge in [0.1, 0.15) is 6.04 Å². The van der Waals surface area contributed by atoms with Crippen LogP contribution in [-0.4, -0.2) is 45.3 Å². The highest BCUT2D eigenvalue weighted by molar-refractivity contribution is 6.08. The number of esters is 1. The topological polar surface area (TPSA) is 115 Å². The first-order valence-corrected chi connectivity index (χ1v) is 14.6. The van der Waals surface area contributed by atoms with Gasteiger partial charge in [0.25, 0.3) is 5.91 Å². The fourth-order valence-corrected chi connectivity index (χ4v) is 5.87. The minimum absolute atomic E-state index is 0.0108. The summed E-state index contributed by atoms with van der Waals surface area (Å²) >= 11 is 0. The van der Waals surface area contributed by atoms with E-state index in [0.717, 1.165) is 59.9 Å². The van der Waals surface area contributed by atoms with E-state index in [0.29, 0.717) is 17.2 Å². The van der Waals surface area contributed by atoms with Crippen molar-refractivity contribution >= 4 is 29.3 Å². The first kappa shape index (κ1) is 31.4. The van der Waals surface area contributed by atoms with E-state index in [1.54, 1.807) is 38.5 Å². The van der Waals surface area contributed by atoms with Crippen LogP contribution in [0.5, 0.6) is 11.5 Å². The molecule has 1 aliphatic rings. The van der Waals surface area contributed by atoms with Crippen LogP contribution in [0.25, 0.3) is 11.1 Å². The number of rotatable bonds is 9. The lowest BCUT2D eigenvalue weighted by Gasteiger charge is -2.29. The molecule has 0 radical (unpaired) electrons. The molecule has 1 aliphatic carbocycles. The molecule has 4 rings (SSSR count). The molecule has 43 heavy (non-hydrogen) atoms. The van der Waals surface area contributed by atoms with Gasteiger partial charge in [-0.3, -0.25) is 4.79 Å². The van der Waals surface area contributed by atoms with E-state index in [2.05, 4.69) is 16.0 Å². The van der Waals surface area contributed by atoms with Gasteiger partial charge in [-0.05, 0) is 86.1 Å². The molecular weight excluding hydrogens is 546 g/mol. The summed E-state index contributed by atoms with van der Waals surface area (Å²) < 4.78 is 15.9. The van der Waals surface area contributed by atoms with Crippen LogP contribution in [0.1, 0.15) is 59.2 Å². The molecule has 9 heteroatoms. The Morgan fingerprint density at radius 2 is 1.40 bits per heavy atom. The molecule has 0 unspecified atom stereocenters. The molecule has 0 bridgehead atoms. The van der Waals surface area contributed by atoms with E-state index < -0.39 is 23.9 Å². The molecular formula is C34H41N3O6. The van der Waals surface area contributed by atoms with Crippen molar-refractivity contribution in [1.29, 1.82) is 0 Å². The second-order valence-electron chi connectivity index (χ2n) is 11.1. The molecule has 228 valence electrons. The van der Waals surface area contributed by atoms with E-state index >= 15 is 0 Å². The van der Waals surface area contributed by atoms with Crippen molar-refractivity contribution in [2.45, 2.75) is 58.9 Å². The lowest BCUT2D eigenvalue weighted by Crippen LogP contribution is -2.47. The average Bonchev–Trinajstić information content (AvgIpc) is 3.01. The maximum absolute atomic E-state index is 13.7. The van der Waals surface area contributed by atoms with E-state index in [-0.39, 0.29) is 17.2 Å². The van der Waals surface area contributed by atoms with Gasteiger partial charge in [0.15, 0.2) is 11.5 Å². The Morgan fingerprint density at radius 1 is 0.767 bits per heavy atom. The molecule has 0 aliphatic heterocycles. The van der Waals surface area contributed by atoms with Crippen molar-refractivity contribution in [2.24, 2.45) is 5.92 Å². The van der Waals surface area contributed by atoms with Gasteiger partial charge >= 0.3 is 12.0 Å². The Bertz CT molecular complexity index is 1470. The smallest absolute Gasteiger partial charge is 0.328 e. The minimum Gasteiger partial charge on any atom is -0.493 e. The number of carbonyl (C=O) groups excluding carboxylic acids is 3. The number of nitrogens with one attached hydrogen (secondary N) is 3. The number of benzene rings is 3. The summed E-state index contributed by atoms with van der Waals surface area (Å²) in [6.45, 7) is 5.87. The zero-order valence-electron chi connectivity index (χ0n) is 25.8. The Balaban J connectivity index is 1.69. The second kappa shape index (κ2) is 14.1. The molecule has 0 saturated heterocycles. The summed E-state index contributed by atoms with van der Waals surface area (Å²) in [5, 5.41) is 8.74. The van der Waals surface area contributed by atoms with Crippen LogP contribution in [0.4, 0.5) is 16.2 Å². The van der Waals surface area contributed by atoms with Gasteiger partial charge in [-0.2, -0.15) is 0 Å². The van der Waals surface area contributed by atoms with E-state index in [1.165, 1.54) is 7.11 Å². The van der Waals surface area contributed by atoms with Gasteiger partial charge in [-0.1, -0.05) is 49.1 Å². The SMILES string of the molecule is COC(=O)[C@@H](NC(=O)c1ccc(-c2ccc(OC)c(OC)c2)cc1NC(=O)Nc1c(C)cc(C)cc1C)C1CCCCC1. The quantitative estimate of drug-likeness (QED) is 0.238. The summed E-state index contributed by atoms with van der Waals surface area (Å²) in [6, 6.07) is 13.4. The fourth-order valence-electron chi connectivity index (χ4n) is 5.87. The normalized spacial score (nSPS) is 13.9. The van der Waals surface area contributed by atoms with E-state index in [9.17, 15) is 14.4 Å². The van der Waals surface area contributed by atoms with Crippen molar-refractivity contribution in [3.8, 4) is 22.6 Å². The molecule has 0 aromatic heterocycles. The minimum atomic E-state index is -0.775. The molecule has 9 nitrogen and oxygen atoms in total. The average molecular weight is 588 g/mol. The number of carbonyl (C=O) groups is 3. The third kappa shape index (κ3) is 7.46. The number of anilines is 2. The number of ether oxygens (including phenoxy) is 3. The largest absolute Gasteiger partial charge is 0.493 e. The molecule has 3 aromatic carbocycles. The number of hydrogen-bond acceptors (Lipinski definition) is 6. The zero-order chi connectivity index (χ0) is 31.1. The molecule has 0 spiro atoms. The summed E-state index contributed by atoms with van der Waals surface area (Å²) in [4.78, 5) is 39.8. The van der Waals surface area contributed by atoms with Crippen LogP contribution >= 0.6 is 0 Å². The Labute approximate surface area is 253 Å².